The Bertz CT molecular complexity index is 209. The van der Waals surface area contributed by atoms with E-state index in [0.717, 1.165) is 0 Å². The number of rotatable bonds is 2. The van der Waals surface area contributed by atoms with Gasteiger partial charge in [0.25, 0.3) is 0 Å². The molecule has 0 aliphatic carbocycles. The lowest BCUT2D eigenvalue weighted by atomic mass is 10.4. The van der Waals surface area contributed by atoms with Crippen molar-refractivity contribution in [2.24, 2.45) is 5.73 Å². The smallest absolute Gasteiger partial charge is 0.210 e. The Balaban J connectivity index is 2.78. The largest absolute Gasteiger partial charge is 0.447 e. The van der Waals surface area contributed by atoms with Crippen LogP contribution in [-0.2, 0) is 6.67 Å². The molecule has 2 N–H and O–H groups in total. The second kappa shape index (κ2) is 2.79. The third-order valence-electron chi connectivity index (χ3n) is 1.10. The number of halogens is 1. The van der Waals surface area contributed by atoms with Gasteiger partial charge in [-0.1, -0.05) is 0 Å². The first-order valence-electron chi connectivity index (χ1n) is 3.00. The maximum Gasteiger partial charge on any atom is 0.210 e. The minimum atomic E-state index is -0.601. The molecule has 0 aliphatic rings. The fraction of sp³-hybridized carbons (Fsp3) is 0.500. The molecule has 1 aromatic heterocycles. The number of alkyl halides is 1. The van der Waals surface area contributed by atoms with Gasteiger partial charge in [-0.2, -0.15) is 0 Å². The topological polar surface area (TPSA) is 52.0 Å². The fourth-order valence-corrected chi connectivity index (χ4v) is 0.593. The van der Waals surface area contributed by atoms with Crippen molar-refractivity contribution in [2.75, 3.05) is 0 Å². The van der Waals surface area contributed by atoms with Gasteiger partial charge in [-0.3, -0.25) is 0 Å². The summed E-state index contributed by atoms with van der Waals surface area (Å²) in [5.41, 5.74) is 5.70. The van der Waals surface area contributed by atoms with Crippen molar-refractivity contribution in [1.29, 1.82) is 0 Å². The van der Waals surface area contributed by atoms with Crippen LogP contribution in [0.15, 0.2) is 10.7 Å². The van der Waals surface area contributed by atoms with Gasteiger partial charge in [0.2, 0.25) is 5.89 Å². The standard InChI is InChI=1S/C6H9FN2O/c1-4(8)6-9-5(2-7)3-10-6/h3-4H,2,8H2,1H3. The second-order valence-corrected chi connectivity index (χ2v) is 2.10. The van der Waals surface area contributed by atoms with E-state index >= 15 is 0 Å². The number of nitrogens with two attached hydrogens (primary N) is 1. The van der Waals surface area contributed by atoms with E-state index in [1.165, 1.54) is 6.26 Å². The highest BCUT2D eigenvalue weighted by molar-refractivity contribution is 4.96. The molecule has 3 nitrogen and oxygen atoms in total. The van der Waals surface area contributed by atoms with Gasteiger partial charge in [0, 0.05) is 0 Å². The molecule has 0 fully saturated rings. The molecule has 4 heteroatoms. The number of aromatic nitrogens is 1. The molecule has 0 amide bonds. The fourth-order valence-electron chi connectivity index (χ4n) is 0.593. The van der Waals surface area contributed by atoms with E-state index in [0.29, 0.717) is 11.6 Å². The zero-order valence-corrected chi connectivity index (χ0v) is 5.67. The molecular weight excluding hydrogens is 135 g/mol. The first-order valence-corrected chi connectivity index (χ1v) is 3.00. The first-order chi connectivity index (χ1) is 4.74. The van der Waals surface area contributed by atoms with Crippen LogP contribution in [0.4, 0.5) is 4.39 Å². The lowest BCUT2D eigenvalue weighted by molar-refractivity contribution is 0.459. The molecule has 56 valence electrons. The van der Waals surface area contributed by atoms with Crippen LogP contribution in [0.2, 0.25) is 0 Å². The summed E-state index contributed by atoms with van der Waals surface area (Å²) < 4.78 is 16.7. The van der Waals surface area contributed by atoms with Gasteiger partial charge in [0.1, 0.15) is 18.6 Å². The SMILES string of the molecule is CC(N)c1nc(CF)co1. The van der Waals surface area contributed by atoms with E-state index in [4.69, 9.17) is 10.2 Å². The molecule has 1 rings (SSSR count). The monoisotopic (exact) mass is 144 g/mol. The minimum Gasteiger partial charge on any atom is -0.447 e. The van der Waals surface area contributed by atoms with E-state index in [1.54, 1.807) is 6.92 Å². The van der Waals surface area contributed by atoms with Gasteiger partial charge < -0.3 is 10.2 Å². The summed E-state index contributed by atoms with van der Waals surface area (Å²) in [6.45, 7) is 1.13. The molecule has 0 saturated heterocycles. The van der Waals surface area contributed by atoms with Crippen LogP contribution in [0.25, 0.3) is 0 Å². The zero-order valence-electron chi connectivity index (χ0n) is 5.67. The van der Waals surface area contributed by atoms with Crippen molar-refractivity contribution in [3.63, 3.8) is 0 Å². The maximum absolute atomic E-state index is 11.8. The Morgan fingerprint density at radius 1 is 1.90 bits per heavy atom. The van der Waals surface area contributed by atoms with Crippen molar-refractivity contribution >= 4 is 0 Å². The average Bonchev–Trinajstić information content (AvgIpc) is 2.34. The van der Waals surface area contributed by atoms with Crippen LogP contribution < -0.4 is 5.73 Å². The van der Waals surface area contributed by atoms with Crippen LogP contribution in [0.1, 0.15) is 24.6 Å². The highest BCUT2D eigenvalue weighted by Gasteiger charge is 2.06. The Morgan fingerprint density at radius 3 is 2.90 bits per heavy atom. The van der Waals surface area contributed by atoms with E-state index in [1.807, 2.05) is 0 Å². The Morgan fingerprint density at radius 2 is 2.60 bits per heavy atom. The normalized spacial score (nSPS) is 13.5. The average molecular weight is 144 g/mol. The lowest BCUT2D eigenvalue weighted by Crippen LogP contribution is -2.04. The number of hydrogen-bond acceptors (Lipinski definition) is 3. The second-order valence-electron chi connectivity index (χ2n) is 2.10. The lowest BCUT2D eigenvalue weighted by Gasteiger charge is -1.94. The predicted octanol–water partition coefficient (Wildman–Crippen LogP) is 1.16. The zero-order chi connectivity index (χ0) is 7.56. The van der Waals surface area contributed by atoms with E-state index in [9.17, 15) is 4.39 Å². The highest BCUT2D eigenvalue weighted by Crippen LogP contribution is 2.09. The predicted molar refractivity (Wildman–Crippen MR) is 33.9 cm³/mol. The quantitative estimate of drug-likeness (QED) is 0.677. The molecule has 1 aromatic rings. The molecule has 10 heavy (non-hydrogen) atoms. The summed E-state index contributed by atoms with van der Waals surface area (Å²) in [5.74, 6) is 0.382. The summed E-state index contributed by atoms with van der Waals surface area (Å²) >= 11 is 0. The third-order valence-corrected chi connectivity index (χ3v) is 1.10. The van der Waals surface area contributed by atoms with Crippen molar-refractivity contribution < 1.29 is 8.81 Å². The minimum absolute atomic E-state index is 0.264. The maximum atomic E-state index is 11.8. The van der Waals surface area contributed by atoms with Gasteiger partial charge in [0.05, 0.1) is 6.04 Å². The van der Waals surface area contributed by atoms with Crippen LogP contribution in [-0.4, -0.2) is 4.98 Å². The summed E-state index contributed by atoms with van der Waals surface area (Å²) in [4.78, 5) is 3.76. The van der Waals surface area contributed by atoms with Gasteiger partial charge >= 0.3 is 0 Å². The number of nitrogens with zero attached hydrogens (tertiary/aromatic N) is 1. The van der Waals surface area contributed by atoms with Crippen molar-refractivity contribution in [1.82, 2.24) is 4.98 Å². The molecule has 1 heterocycles. The molecule has 0 bridgehead atoms. The Hall–Kier alpha value is -0.900. The molecule has 0 aromatic carbocycles. The van der Waals surface area contributed by atoms with Crippen LogP contribution in [0.3, 0.4) is 0 Å². The Kier molecular flexibility index (Phi) is 2.01. The molecule has 1 atom stereocenters. The number of hydrogen-bond donors (Lipinski definition) is 1. The summed E-state index contributed by atoms with van der Waals surface area (Å²) in [5, 5.41) is 0. The van der Waals surface area contributed by atoms with Gasteiger partial charge in [0.15, 0.2) is 0 Å². The molecule has 0 radical (unpaired) electrons. The molecule has 0 saturated carbocycles. The number of oxazole rings is 1. The van der Waals surface area contributed by atoms with Crippen LogP contribution in [0, 0.1) is 0 Å². The van der Waals surface area contributed by atoms with Gasteiger partial charge in [-0.15, -0.1) is 0 Å². The molecule has 0 spiro atoms. The van der Waals surface area contributed by atoms with E-state index in [-0.39, 0.29) is 6.04 Å². The first kappa shape index (κ1) is 7.21. The molecule has 0 aliphatic heterocycles. The third kappa shape index (κ3) is 1.33. The van der Waals surface area contributed by atoms with Crippen molar-refractivity contribution in [3.8, 4) is 0 Å². The van der Waals surface area contributed by atoms with Crippen LogP contribution in [0.5, 0.6) is 0 Å². The summed E-state index contributed by atoms with van der Waals surface area (Å²) in [7, 11) is 0. The molecular formula is C6H9FN2O. The van der Waals surface area contributed by atoms with Crippen LogP contribution >= 0.6 is 0 Å². The summed E-state index contributed by atoms with van der Waals surface area (Å²) in [6, 6.07) is -0.264. The highest BCUT2D eigenvalue weighted by atomic mass is 19.1. The Labute approximate surface area is 58.0 Å². The van der Waals surface area contributed by atoms with E-state index < -0.39 is 6.67 Å². The van der Waals surface area contributed by atoms with Gasteiger partial charge in [-0.25, -0.2) is 9.37 Å². The van der Waals surface area contributed by atoms with Crippen molar-refractivity contribution in [3.05, 3.63) is 17.8 Å². The van der Waals surface area contributed by atoms with E-state index in [2.05, 4.69) is 4.98 Å². The van der Waals surface area contributed by atoms with Crippen molar-refractivity contribution in [2.45, 2.75) is 19.6 Å². The van der Waals surface area contributed by atoms with Gasteiger partial charge in [-0.05, 0) is 6.92 Å². The molecule has 1 unspecified atom stereocenters. The summed E-state index contributed by atoms with van der Waals surface area (Å²) in [6.07, 6.45) is 1.28.